The van der Waals surface area contributed by atoms with Gasteiger partial charge in [0.1, 0.15) is 12.2 Å². The van der Waals surface area contributed by atoms with Crippen molar-refractivity contribution in [3.05, 3.63) is 12.2 Å². The molecule has 0 amide bonds. The zero-order valence-corrected chi connectivity index (χ0v) is 11.3. The van der Waals surface area contributed by atoms with E-state index in [1.807, 2.05) is 11.6 Å². The van der Waals surface area contributed by atoms with Crippen LogP contribution in [0.15, 0.2) is 6.33 Å². The molecular weight excluding hydrogens is 228 g/mol. The van der Waals surface area contributed by atoms with Gasteiger partial charge in [-0.25, -0.2) is 9.67 Å². The Bertz CT molecular complexity index is 345. The SMILES string of the molecule is CCC(O)Cn1ncnc1CN1CCCCCC1. The number of hydrogen-bond donors (Lipinski definition) is 1. The van der Waals surface area contributed by atoms with Crippen LogP contribution >= 0.6 is 0 Å². The van der Waals surface area contributed by atoms with Gasteiger partial charge in [-0.15, -0.1) is 0 Å². The first-order valence-corrected chi connectivity index (χ1v) is 7.06. The summed E-state index contributed by atoms with van der Waals surface area (Å²) in [7, 11) is 0. The quantitative estimate of drug-likeness (QED) is 0.861. The molecule has 1 saturated heterocycles. The fourth-order valence-electron chi connectivity index (χ4n) is 2.39. The highest BCUT2D eigenvalue weighted by atomic mass is 16.3. The van der Waals surface area contributed by atoms with Gasteiger partial charge in [-0.05, 0) is 32.4 Å². The zero-order valence-electron chi connectivity index (χ0n) is 11.3. The van der Waals surface area contributed by atoms with Gasteiger partial charge < -0.3 is 5.11 Å². The summed E-state index contributed by atoms with van der Waals surface area (Å²) in [5.41, 5.74) is 0. The topological polar surface area (TPSA) is 54.2 Å². The monoisotopic (exact) mass is 252 g/mol. The highest BCUT2D eigenvalue weighted by Crippen LogP contribution is 2.12. The average molecular weight is 252 g/mol. The molecule has 2 heterocycles. The van der Waals surface area contributed by atoms with Crippen molar-refractivity contribution in [3.8, 4) is 0 Å². The smallest absolute Gasteiger partial charge is 0.141 e. The van der Waals surface area contributed by atoms with Gasteiger partial charge in [0.2, 0.25) is 0 Å². The Morgan fingerprint density at radius 1 is 1.28 bits per heavy atom. The molecular formula is C13H24N4O. The number of aromatic nitrogens is 3. The fraction of sp³-hybridized carbons (Fsp3) is 0.846. The Morgan fingerprint density at radius 3 is 2.67 bits per heavy atom. The normalized spacial score (nSPS) is 19.7. The summed E-state index contributed by atoms with van der Waals surface area (Å²) >= 11 is 0. The van der Waals surface area contributed by atoms with Crippen LogP contribution in [0, 0.1) is 0 Å². The Balaban J connectivity index is 1.93. The van der Waals surface area contributed by atoms with E-state index < -0.39 is 0 Å². The molecule has 1 aromatic rings. The van der Waals surface area contributed by atoms with Crippen molar-refractivity contribution in [1.82, 2.24) is 19.7 Å². The first-order chi connectivity index (χ1) is 8.79. The molecule has 1 atom stereocenters. The summed E-state index contributed by atoms with van der Waals surface area (Å²) in [6.45, 7) is 5.71. The molecule has 1 unspecified atom stereocenters. The molecule has 0 saturated carbocycles. The minimum Gasteiger partial charge on any atom is -0.391 e. The molecule has 0 spiro atoms. The van der Waals surface area contributed by atoms with E-state index in [9.17, 15) is 5.11 Å². The maximum atomic E-state index is 9.70. The summed E-state index contributed by atoms with van der Waals surface area (Å²) in [5.74, 6) is 0.976. The molecule has 5 nitrogen and oxygen atoms in total. The first-order valence-electron chi connectivity index (χ1n) is 7.06. The average Bonchev–Trinajstić information content (AvgIpc) is 2.64. The summed E-state index contributed by atoms with van der Waals surface area (Å²) in [5, 5.41) is 13.9. The third-order valence-electron chi connectivity index (χ3n) is 3.61. The number of aliphatic hydroxyl groups excluding tert-OH is 1. The Labute approximate surface area is 109 Å². The van der Waals surface area contributed by atoms with Crippen molar-refractivity contribution in [2.24, 2.45) is 0 Å². The van der Waals surface area contributed by atoms with E-state index >= 15 is 0 Å². The second-order valence-electron chi connectivity index (χ2n) is 5.11. The van der Waals surface area contributed by atoms with E-state index in [0.29, 0.717) is 6.54 Å². The van der Waals surface area contributed by atoms with E-state index in [1.54, 1.807) is 6.33 Å². The molecule has 1 aliphatic heterocycles. The van der Waals surface area contributed by atoms with Crippen molar-refractivity contribution < 1.29 is 5.11 Å². The molecule has 1 aromatic heterocycles. The number of hydrogen-bond acceptors (Lipinski definition) is 4. The maximum Gasteiger partial charge on any atom is 0.141 e. The second kappa shape index (κ2) is 6.85. The molecule has 18 heavy (non-hydrogen) atoms. The summed E-state index contributed by atoms with van der Waals surface area (Å²) < 4.78 is 1.85. The molecule has 0 bridgehead atoms. The maximum absolute atomic E-state index is 9.70. The minimum absolute atomic E-state index is 0.324. The van der Waals surface area contributed by atoms with Gasteiger partial charge in [0.15, 0.2) is 0 Å². The van der Waals surface area contributed by atoms with Gasteiger partial charge in [-0.2, -0.15) is 5.10 Å². The van der Waals surface area contributed by atoms with Gasteiger partial charge in [0.25, 0.3) is 0 Å². The van der Waals surface area contributed by atoms with Crippen LogP contribution in [0.1, 0.15) is 44.9 Å². The Kier molecular flexibility index (Phi) is 5.13. The number of nitrogens with zero attached hydrogens (tertiary/aromatic N) is 4. The van der Waals surface area contributed by atoms with Crippen molar-refractivity contribution in [2.75, 3.05) is 13.1 Å². The van der Waals surface area contributed by atoms with Crippen LogP contribution < -0.4 is 0 Å². The first kappa shape index (κ1) is 13.5. The largest absolute Gasteiger partial charge is 0.391 e. The predicted molar refractivity (Wildman–Crippen MR) is 70.1 cm³/mol. The van der Waals surface area contributed by atoms with Gasteiger partial charge in [-0.1, -0.05) is 19.8 Å². The second-order valence-corrected chi connectivity index (χ2v) is 5.11. The lowest BCUT2D eigenvalue weighted by atomic mass is 10.2. The van der Waals surface area contributed by atoms with Gasteiger partial charge in [0, 0.05) is 0 Å². The third-order valence-corrected chi connectivity index (χ3v) is 3.61. The van der Waals surface area contributed by atoms with E-state index in [0.717, 1.165) is 31.9 Å². The standard InChI is InChI=1S/C13H24N4O/c1-2-12(18)9-17-13(14-11-15-17)10-16-7-5-3-4-6-8-16/h11-12,18H,2-10H2,1H3. The fourth-order valence-corrected chi connectivity index (χ4v) is 2.39. The van der Waals surface area contributed by atoms with Gasteiger partial charge >= 0.3 is 0 Å². The molecule has 0 aromatic carbocycles. The molecule has 0 radical (unpaired) electrons. The van der Waals surface area contributed by atoms with Crippen molar-refractivity contribution in [3.63, 3.8) is 0 Å². The molecule has 2 rings (SSSR count). The summed E-state index contributed by atoms with van der Waals surface area (Å²) in [6, 6.07) is 0. The van der Waals surface area contributed by atoms with Crippen LogP contribution in [0.2, 0.25) is 0 Å². The van der Waals surface area contributed by atoms with Gasteiger partial charge in [0.05, 0.1) is 19.2 Å². The highest BCUT2D eigenvalue weighted by Gasteiger charge is 2.14. The lowest BCUT2D eigenvalue weighted by Crippen LogP contribution is -2.27. The van der Waals surface area contributed by atoms with E-state index in [2.05, 4.69) is 15.0 Å². The third kappa shape index (κ3) is 3.78. The van der Waals surface area contributed by atoms with Crippen LogP contribution in [0.25, 0.3) is 0 Å². The predicted octanol–water partition coefficient (Wildman–Crippen LogP) is 1.42. The van der Waals surface area contributed by atoms with Crippen molar-refractivity contribution in [2.45, 2.75) is 58.2 Å². The van der Waals surface area contributed by atoms with E-state index in [-0.39, 0.29) is 6.10 Å². The summed E-state index contributed by atoms with van der Waals surface area (Å²) in [6.07, 6.45) is 7.28. The number of aliphatic hydroxyl groups is 1. The molecule has 5 heteroatoms. The van der Waals surface area contributed by atoms with Crippen molar-refractivity contribution >= 4 is 0 Å². The Hall–Kier alpha value is -0.940. The lowest BCUT2D eigenvalue weighted by molar-refractivity contribution is 0.141. The minimum atomic E-state index is -0.324. The Morgan fingerprint density at radius 2 is 2.00 bits per heavy atom. The van der Waals surface area contributed by atoms with Gasteiger partial charge in [-0.3, -0.25) is 4.90 Å². The van der Waals surface area contributed by atoms with E-state index in [1.165, 1.54) is 25.7 Å². The summed E-state index contributed by atoms with van der Waals surface area (Å²) in [4.78, 5) is 6.78. The lowest BCUT2D eigenvalue weighted by Gasteiger charge is -2.19. The number of likely N-dealkylation sites (tertiary alicyclic amines) is 1. The van der Waals surface area contributed by atoms with Crippen LogP contribution in [-0.2, 0) is 13.1 Å². The molecule has 0 aliphatic carbocycles. The molecule has 1 aliphatic rings. The van der Waals surface area contributed by atoms with E-state index in [4.69, 9.17) is 0 Å². The zero-order chi connectivity index (χ0) is 12.8. The molecule has 102 valence electrons. The van der Waals surface area contributed by atoms with Crippen LogP contribution in [0.3, 0.4) is 0 Å². The molecule has 1 fully saturated rings. The van der Waals surface area contributed by atoms with Crippen LogP contribution in [-0.4, -0.2) is 44.0 Å². The van der Waals surface area contributed by atoms with Crippen LogP contribution in [0.5, 0.6) is 0 Å². The number of rotatable bonds is 5. The highest BCUT2D eigenvalue weighted by molar-refractivity contribution is 4.86. The molecule has 1 N–H and O–H groups in total. The van der Waals surface area contributed by atoms with Crippen LogP contribution in [0.4, 0.5) is 0 Å². The van der Waals surface area contributed by atoms with Crippen molar-refractivity contribution in [1.29, 1.82) is 0 Å².